The maximum absolute atomic E-state index is 5.49. The molecule has 78 valence electrons. The van der Waals surface area contributed by atoms with Crippen molar-refractivity contribution < 1.29 is 4.42 Å². The van der Waals surface area contributed by atoms with Crippen molar-refractivity contribution in [3.63, 3.8) is 0 Å². The van der Waals surface area contributed by atoms with E-state index in [9.17, 15) is 0 Å². The van der Waals surface area contributed by atoms with Gasteiger partial charge in [0.1, 0.15) is 0 Å². The highest BCUT2D eigenvalue weighted by molar-refractivity contribution is 5.24. The van der Waals surface area contributed by atoms with Crippen LogP contribution >= 0.6 is 0 Å². The van der Waals surface area contributed by atoms with E-state index in [4.69, 9.17) is 10.2 Å². The average Bonchev–Trinajstić information content (AvgIpc) is 2.68. The summed E-state index contributed by atoms with van der Waals surface area (Å²) in [6, 6.07) is 0.660. The zero-order valence-corrected chi connectivity index (χ0v) is 8.28. The minimum Gasteiger partial charge on any atom is -0.408 e. The van der Waals surface area contributed by atoms with Crippen molar-refractivity contribution >= 4 is 6.01 Å². The lowest BCUT2D eigenvalue weighted by Gasteiger charge is -2.24. The quantitative estimate of drug-likeness (QED) is 0.765. The first kappa shape index (κ1) is 9.45. The largest absolute Gasteiger partial charge is 0.408 e. The van der Waals surface area contributed by atoms with Gasteiger partial charge in [-0.2, -0.15) is 0 Å². The zero-order valence-electron chi connectivity index (χ0n) is 8.28. The van der Waals surface area contributed by atoms with Crippen LogP contribution in [0.25, 0.3) is 0 Å². The summed E-state index contributed by atoms with van der Waals surface area (Å²) in [5.74, 6) is 0.646. The SMILES string of the molecule is NCCc1nnc(N2CCCCC2)o1. The van der Waals surface area contributed by atoms with Gasteiger partial charge in [0.2, 0.25) is 5.89 Å². The molecule has 0 aromatic carbocycles. The highest BCUT2D eigenvalue weighted by Gasteiger charge is 2.16. The van der Waals surface area contributed by atoms with E-state index >= 15 is 0 Å². The summed E-state index contributed by atoms with van der Waals surface area (Å²) in [5.41, 5.74) is 5.41. The van der Waals surface area contributed by atoms with E-state index in [-0.39, 0.29) is 0 Å². The van der Waals surface area contributed by atoms with E-state index < -0.39 is 0 Å². The summed E-state index contributed by atoms with van der Waals surface area (Å²) in [4.78, 5) is 2.15. The Kier molecular flexibility index (Phi) is 2.98. The molecule has 0 saturated carbocycles. The van der Waals surface area contributed by atoms with Crippen LogP contribution in [0.5, 0.6) is 0 Å². The van der Waals surface area contributed by atoms with Crippen LogP contribution in [-0.4, -0.2) is 29.8 Å². The van der Waals surface area contributed by atoms with E-state index in [1.807, 2.05) is 0 Å². The van der Waals surface area contributed by atoms with Gasteiger partial charge >= 0.3 is 6.01 Å². The molecule has 0 unspecified atom stereocenters. The fraction of sp³-hybridized carbons (Fsp3) is 0.778. The molecule has 1 aliphatic rings. The summed E-state index contributed by atoms with van der Waals surface area (Å²) in [6.45, 7) is 2.62. The molecule has 0 atom stereocenters. The van der Waals surface area contributed by atoms with Gasteiger partial charge in [-0.15, -0.1) is 5.10 Å². The Morgan fingerprint density at radius 3 is 2.71 bits per heavy atom. The van der Waals surface area contributed by atoms with E-state index in [0.29, 0.717) is 24.9 Å². The number of hydrogen-bond acceptors (Lipinski definition) is 5. The highest BCUT2D eigenvalue weighted by atomic mass is 16.4. The minimum atomic E-state index is 0.557. The second-order valence-electron chi connectivity index (χ2n) is 3.56. The van der Waals surface area contributed by atoms with Gasteiger partial charge in [-0.3, -0.25) is 0 Å². The topological polar surface area (TPSA) is 68.2 Å². The molecule has 0 bridgehead atoms. The predicted molar refractivity (Wildman–Crippen MR) is 53.1 cm³/mol. The Morgan fingerprint density at radius 2 is 2.00 bits per heavy atom. The van der Waals surface area contributed by atoms with Crippen LogP contribution in [0.1, 0.15) is 25.2 Å². The first-order chi connectivity index (χ1) is 6.90. The lowest BCUT2D eigenvalue weighted by Crippen LogP contribution is -2.29. The van der Waals surface area contributed by atoms with Crippen molar-refractivity contribution in [1.82, 2.24) is 10.2 Å². The molecule has 5 heteroatoms. The zero-order chi connectivity index (χ0) is 9.80. The summed E-state index contributed by atoms with van der Waals surface area (Å²) < 4.78 is 5.49. The Labute approximate surface area is 83.3 Å². The van der Waals surface area contributed by atoms with E-state index in [2.05, 4.69) is 15.1 Å². The molecule has 1 aliphatic heterocycles. The van der Waals surface area contributed by atoms with Crippen LogP contribution in [-0.2, 0) is 6.42 Å². The molecule has 5 nitrogen and oxygen atoms in total. The van der Waals surface area contributed by atoms with Crippen molar-refractivity contribution in [2.24, 2.45) is 5.73 Å². The molecule has 1 aromatic heterocycles. The summed E-state index contributed by atoms with van der Waals surface area (Å²) in [5, 5.41) is 7.95. The molecular formula is C9H16N4O. The monoisotopic (exact) mass is 196 g/mol. The maximum Gasteiger partial charge on any atom is 0.318 e. The van der Waals surface area contributed by atoms with Crippen LogP contribution in [0.2, 0.25) is 0 Å². The minimum absolute atomic E-state index is 0.557. The molecule has 0 amide bonds. The Morgan fingerprint density at radius 1 is 1.21 bits per heavy atom. The normalized spacial score (nSPS) is 17.4. The number of rotatable bonds is 3. The molecule has 0 radical (unpaired) electrons. The van der Waals surface area contributed by atoms with Crippen LogP contribution in [0.15, 0.2) is 4.42 Å². The average molecular weight is 196 g/mol. The van der Waals surface area contributed by atoms with E-state index in [0.717, 1.165) is 13.1 Å². The van der Waals surface area contributed by atoms with Crippen molar-refractivity contribution in [3.05, 3.63) is 5.89 Å². The third kappa shape index (κ3) is 2.04. The number of nitrogens with two attached hydrogens (primary N) is 1. The molecule has 1 aromatic rings. The van der Waals surface area contributed by atoms with Gasteiger partial charge in [-0.25, -0.2) is 0 Å². The predicted octanol–water partition coefficient (Wildman–Crippen LogP) is 0.561. The molecule has 2 N–H and O–H groups in total. The van der Waals surface area contributed by atoms with Gasteiger partial charge in [0, 0.05) is 26.1 Å². The summed E-state index contributed by atoms with van der Waals surface area (Å²) in [7, 11) is 0. The molecule has 0 spiro atoms. The molecule has 2 rings (SSSR count). The van der Waals surface area contributed by atoms with Crippen molar-refractivity contribution in [2.45, 2.75) is 25.7 Å². The molecule has 0 aliphatic carbocycles. The van der Waals surface area contributed by atoms with Crippen molar-refractivity contribution in [3.8, 4) is 0 Å². The first-order valence-electron chi connectivity index (χ1n) is 5.17. The molecule has 1 fully saturated rings. The van der Waals surface area contributed by atoms with Gasteiger partial charge in [0.15, 0.2) is 0 Å². The lowest BCUT2D eigenvalue weighted by molar-refractivity contribution is 0.461. The molecular weight excluding hydrogens is 180 g/mol. The number of hydrogen-bond donors (Lipinski definition) is 1. The molecule has 2 heterocycles. The molecule has 1 saturated heterocycles. The lowest BCUT2D eigenvalue weighted by atomic mass is 10.1. The Balaban J connectivity index is 2.00. The third-order valence-electron chi connectivity index (χ3n) is 2.44. The summed E-state index contributed by atoms with van der Waals surface area (Å²) >= 11 is 0. The van der Waals surface area contributed by atoms with E-state index in [1.54, 1.807) is 0 Å². The first-order valence-corrected chi connectivity index (χ1v) is 5.17. The molecule has 14 heavy (non-hydrogen) atoms. The van der Waals surface area contributed by atoms with E-state index in [1.165, 1.54) is 19.3 Å². The number of aromatic nitrogens is 2. The standard InChI is InChI=1S/C9H16N4O/c10-5-4-8-11-12-9(14-8)13-6-2-1-3-7-13/h1-7,10H2. The second kappa shape index (κ2) is 4.41. The highest BCUT2D eigenvalue weighted by Crippen LogP contribution is 2.17. The van der Waals surface area contributed by atoms with Gasteiger partial charge < -0.3 is 15.1 Å². The fourth-order valence-corrected chi connectivity index (χ4v) is 1.68. The van der Waals surface area contributed by atoms with Gasteiger partial charge in [0.25, 0.3) is 0 Å². The Hall–Kier alpha value is -1.10. The van der Waals surface area contributed by atoms with Gasteiger partial charge in [-0.05, 0) is 19.3 Å². The number of anilines is 1. The smallest absolute Gasteiger partial charge is 0.318 e. The van der Waals surface area contributed by atoms with Crippen molar-refractivity contribution in [2.75, 3.05) is 24.5 Å². The van der Waals surface area contributed by atoms with Gasteiger partial charge in [0.05, 0.1) is 0 Å². The maximum atomic E-state index is 5.49. The third-order valence-corrected chi connectivity index (χ3v) is 2.44. The van der Waals surface area contributed by atoms with Crippen molar-refractivity contribution in [1.29, 1.82) is 0 Å². The van der Waals surface area contributed by atoms with Crippen LogP contribution < -0.4 is 10.6 Å². The number of piperidine rings is 1. The van der Waals surface area contributed by atoms with Crippen LogP contribution in [0, 0.1) is 0 Å². The summed E-state index contributed by atoms with van der Waals surface area (Å²) in [6.07, 6.45) is 4.41. The van der Waals surface area contributed by atoms with Gasteiger partial charge in [-0.1, -0.05) is 5.10 Å². The van der Waals surface area contributed by atoms with Crippen LogP contribution in [0.3, 0.4) is 0 Å². The second-order valence-corrected chi connectivity index (χ2v) is 3.56. The van der Waals surface area contributed by atoms with Crippen LogP contribution in [0.4, 0.5) is 6.01 Å². The number of nitrogens with zero attached hydrogens (tertiary/aromatic N) is 3. The fourth-order valence-electron chi connectivity index (χ4n) is 1.68. The Bertz CT molecular complexity index is 280.